The van der Waals surface area contributed by atoms with E-state index in [0.717, 1.165) is 15.8 Å². The van der Waals surface area contributed by atoms with Crippen LogP contribution in [0.25, 0.3) is 0 Å². The van der Waals surface area contributed by atoms with Gasteiger partial charge in [0.1, 0.15) is 5.75 Å². The van der Waals surface area contributed by atoms with Crippen LogP contribution < -0.4 is 19.5 Å². The van der Waals surface area contributed by atoms with Gasteiger partial charge < -0.3 is 19.5 Å². The van der Waals surface area contributed by atoms with Gasteiger partial charge in [-0.05, 0) is 35.9 Å². The lowest BCUT2D eigenvalue weighted by Crippen LogP contribution is -2.24. The molecule has 2 aromatic rings. The molecule has 0 saturated heterocycles. The first-order chi connectivity index (χ1) is 11.6. The van der Waals surface area contributed by atoms with Crippen LogP contribution in [0.1, 0.15) is 12.0 Å². The van der Waals surface area contributed by atoms with Crippen molar-refractivity contribution in [2.45, 2.75) is 13.0 Å². The van der Waals surface area contributed by atoms with Gasteiger partial charge in [-0.3, -0.25) is 4.79 Å². The van der Waals surface area contributed by atoms with Gasteiger partial charge in [-0.1, -0.05) is 28.1 Å². The molecular weight excluding hydrogens is 374 g/mol. The van der Waals surface area contributed by atoms with Gasteiger partial charge >= 0.3 is 0 Å². The number of carbonyl (C=O) groups excluding carboxylic acids is 1. The Balaban J connectivity index is 1.77. The molecule has 24 heavy (non-hydrogen) atoms. The first-order valence-corrected chi connectivity index (χ1v) is 8.27. The second kappa shape index (κ2) is 9.17. The summed E-state index contributed by atoms with van der Waals surface area (Å²) in [5, 5.41) is 2.86. The molecule has 128 valence electrons. The maximum Gasteiger partial charge on any atom is 0.223 e. The molecular formula is C18H20BrNO4. The van der Waals surface area contributed by atoms with Gasteiger partial charge in [0, 0.05) is 11.0 Å². The Kier molecular flexibility index (Phi) is 6.93. The Labute approximate surface area is 150 Å². The molecule has 5 nitrogen and oxygen atoms in total. The number of benzene rings is 2. The third kappa shape index (κ3) is 5.45. The number of hydrogen-bond acceptors (Lipinski definition) is 4. The summed E-state index contributed by atoms with van der Waals surface area (Å²) in [4.78, 5) is 11.9. The lowest BCUT2D eigenvalue weighted by molar-refractivity contribution is -0.121. The SMILES string of the molecule is COc1ccc(CNC(=O)CCOc2cccc(Br)c2)cc1OC. The third-order valence-corrected chi connectivity index (χ3v) is 3.82. The third-order valence-electron chi connectivity index (χ3n) is 3.33. The summed E-state index contributed by atoms with van der Waals surface area (Å²) >= 11 is 3.38. The van der Waals surface area contributed by atoms with E-state index in [2.05, 4.69) is 21.2 Å². The van der Waals surface area contributed by atoms with Gasteiger partial charge in [-0.15, -0.1) is 0 Å². The van der Waals surface area contributed by atoms with Gasteiger partial charge in [0.25, 0.3) is 0 Å². The van der Waals surface area contributed by atoms with Crippen molar-refractivity contribution >= 4 is 21.8 Å². The van der Waals surface area contributed by atoms with Crippen LogP contribution in [-0.2, 0) is 11.3 Å². The van der Waals surface area contributed by atoms with E-state index in [0.29, 0.717) is 31.1 Å². The summed E-state index contributed by atoms with van der Waals surface area (Å²) in [6, 6.07) is 13.1. The summed E-state index contributed by atoms with van der Waals surface area (Å²) in [5.41, 5.74) is 0.939. The van der Waals surface area contributed by atoms with Crippen LogP contribution in [0, 0.1) is 0 Å². The molecule has 0 spiro atoms. The van der Waals surface area contributed by atoms with Gasteiger partial charge in [-0.25, -0.2) is 0 Å². The zero-order chi connectivity index (χ0) is 17.4. The van der Waals surface area contributed by atoms with Crippen molar-refractivity contribution in [3.8, 4) is 17.2 Å². The Bertz CT molecular complexity index is 690. The fraction of sp³-hybridized carbons (Fsp3) is 0.278. The first-order valence-electron chi connectivity index (χ1n) is 7.48. The van der Waals surface area contributed by atoms with Crippen LogP contribution in [0.5, 0.6) is 17.2 Å². The van der Waals surface area contributed by atoms with Gasteiger partial charge in [0.05, 0.1) is 27.2 Å². The van der Waals surface area contributed by atoms with Gasteiger partial charge in [-0.2, -0.15) is 0 Å². The minimum absolute atomic E-state index is 0.0696. The predicted octanol–water partition coefficient (Wildman–Crippen LogP) is 3.55. The fourth-order valence-electron chi connectivity index (χ4n) is 2.10. The molecule has 0 aliphatic carbocycles. The van der Waals surface area contributed by atoms with Crippen LogP contribution in [-0.4, -0.2) is 26.7 Å². The van der Waals surface area contributed by atoms with Crippen molar-refractivity contribution in [2.75, 3.05) is 20.8 Å². The lowest BCUT2D eigenvalue weighted by Gasteiger charge is -2.11. The van der Waals surface area contributed by atoms with E-state index in [4.69, 9.17) is 14.2 Å². The largest absolute Gasteiger partial charge is 0.493 e. The lowest BCUT2D eigenvalue weighted by atomic mass is 10.2. The van der Waals surface area contributed by atoms with Crippen LogP contribution in [0.3, 0.4) is 0 Å². The van der Waals surface area contributed by atoms with Crippen LogP contribution in [0.4, 0.5) is 0 Å². The number of methoxy groups -OCH3 is 2. The number of rotatable bonds is 8. The highest BCUT2D eigenvalue weighted by atomic mass is 79.9. The van der Waals surface area contributed by atoms with Crippen LogP contribution in [0.15, 0.2) is 46.9 Å². The van der Waals surface area contributed by atoms with Crippen molar-refractivity contribution in [1.29, 1.82) is 0 Å². The standard InChI is InChI=1S/C18H20BrNO4/c1-22-16-7-6-13(10-17(16)23-2)12-20-18(21)8-9-24-15-5-3-4-14(19)11-15/h3-7,10-11H,8-9,12H2,1-2H3,(H,20,21). The number of ether oxygens (including phenoxy) is 3. The molecule has 2 rings (SSSR count). The van der Waals surface area contributed by atoms with E-state index in [-0.39, 0.29) is 5.91 Å². The Morgan fingerprint density at radius 2 is 1.88 bits per heavy atom. The normalized spacial score (nSPS) is 10.1. The highest BCUT2D eigenvalue weighted by Crippen LogP contribution is 2.27. The number of nitrogens with one attached hydrogen (secondary N) is 1. The molecule has 0 atom stereocenters. The zero-order valence-corrected chi connectivity index (χ0v) is 15.3. The van der Waals surface area contributed by atoms with Crippen LogP contribution >= 0.6 is 15.9 Å². The van der Waals surface area contributed by atoms with E-state index in [9.17, 15) is 4.79 Å². The molecule has 0 heterocycles. The maximum atomic E-state index is 11.9. The molecule has 0 fully saturated rings. The number of halogens is 1. The van der Waals surface area contributed by atoms with E-state index >= 15 is 0 Å². The minimum atomic E-state index is -0.0696. The second-order valence-corrected chi connectivity index (χ2v) is 5.94. The average molecular weight is 394 g/mol. The molecule has 2 aromatic carbocycles. The van der Waals surface area contributed by atoms with E-state index in [1.165, 1.54) is 0 Å². The first kappa shape index (κ1) is 18.1. The summed E-state index contributed by atoms with van der Waals surface area (Å²) in [5.74, 6) is 1.97. The summed E-state index contributed by atoms with van der Waals surface area (Å²) in [7, 11) is 3.17. The van der Waals surface area contributed by atoms with Gasteiger partial charge in [0.15, 0.2) is 11.5 Å². The average Bonchev–Trinajstić information content (AvgIpc) is 2.59. The van der Waals surface area contributed by atoms with E-state index in [1.807, 2.05) is 42.5 Å². The topological polar surface area (TPSA) is 56.8 Å². The Morgan fingerprint density at radius 3 is 2.58 bits per heavy atom. The summed E-state index contributed by atoms with van der Waals surface area (Å²) in [6.45, 7) is 0.754. The quantitative estimate of drug-likeness (QED) is 0.744. The minimum Gasteiger partial charge on any atom is -0.493 e. The maximum absolute atomic E-state index is 11.9. The summed E-state index contributed by atoms with van der Waals surface area (Å²) < 4.78 is 16.9. The smallest absolute Gasteiger partial charge is 0.223 e. The molecule has 6 heteroatoms. The van der Waals surface area contributed by atoms with E-state index < -0.39 is 0 Å². The second-order valence-electron chi connectivity index (χ2n) is 5.02. The van der Waals surface area contributed by atoms with Crippen molar-refractivity contribution in [3.05, 3.63) is 52.5 Å². The van der Waals surface area contributed by atoms with Crippen molar-refractivity contribution in [2.24, 2.45) is 0 Å². The number of amides is 1. The van der Waals surface area contributed by atoms with Crippen molar-refractivity contribution < 1.29 is 19.0 Å². The van der Waals surface area contributed by atoms with Crippen LogP contribution in [0.2, 0.25) is 0 Å². The molecule has 0 aromatic heterocycles. The number of carbonyl (C=O) groups is 1. The molecule has 1 N–H and O–H groups in total. The molecule has 0 radical (unpaired) electrons. The van der Waals surface area contributed by atoms with Gasteiger partial charge in [0.2, 0.25) is 5.91 Å². The highest BCUT2D eigenvalue weighted by molar-refractivity contribution is 9.10. The van der Waals surface area contributed by atoms with E-state index in [1.54, 1.807) is 14.2 Å². The molecule has 0 bridgehead atoms. The molecule has 0 saturated carbocycles. The van der Waals surface area contributed by atoms with Crippen molar-refractivity contribution in [1.82, 2.24) is 5.32 Å². The molecule has 0 unspecified atom stereocenters. The summed E-state index contributed by atoms with van der Waals surface area (Å²) in [6.07, 6.45) is 0.291. The molecule has 0 aliphatic heterocycles. The molecule has 0 aliphatic rings. The monoisotopic (exact) mass is 393 g/mol. The Morgan fingerprint density at radius 1 is 1.08 bits per heavy atom. The van der Waals surface area contributed by atoms with Crippen molar-refractivity contribution in [3.63, 3.8) is 0 Å². The number of hydrogen-bond donors (Lipinski definition) is 1. The highest BCUT2D eigenvalue weighted by Gasteiger charge is 2.06. The Hall–Kier alpha value is -2.21. The predicted molar refractivity (Wildman–Crippen MR) is 95.6 cm³/mol. The molecule has 1 amide bonds. The fourth-order valence-corrected chi connectivity index (χ4v) is 2.48. The zero-order valence-electron chi connectivity index (χ0n) is 13.7.